The molecule has 2 N–H and O–H groups in total. The third kappa shape index (κ3) is 4.38. The average Bonchev–Trinajstić information content (AvgIpc) is 3.06. The zero-order chi connectivity index (χ0) is 25.6. The number of benzene rings is 2. The fourth-order valence-electron chi connectivity index (χ4n) is 4.11. The lowest BCUT2D eigenvalue weighted by molar-refractivity contribution is -0.122. The molecule has 0 aliphatic carbocycles. The van der Waals surface area contributed by atoms with Crippen LogP contribution in [-0.2, 0) is 9.59 Å². The first-order valence-electron chi connectivity index (χ1n) is 10.7. The van der Waals surface area contributed by atoms with Crippen molar-refractivity contribution in [2.45, 2.75) is 27.7 Å². The Morgan fingerprint density at radius 3 is 2.37 bits per heavy atom. The Morgan fingerprint density at radius 2 is 1.74 bits per heavy atom. The van der Waals surface area contributed by atoms with Gasteiger partial charge in [0, 0.05) is 22.1 Å². The number of amides is 2. The Bertz CT molecular complexity index is 1470. The minimum absolute atomic E-state index is 0.0170. The number of aromatic nitrogens is 1. The molecule has 1 saturated heterocycles. The van der Waals surface area contributed by atoms with Crippen LogP contribution in [0.15, 0.2) is 48.0 Å². The van der Waals surface area contributed by atoms with E-state index in [1.165, 1.54) is 4.90 Å². The highest BCUT2D eigenvalue weighted by Gasteiger charge is 2.35. The molecule has 35 heavy (non-hydrogen) atoms. The maximum atomic E-state index is 13.4. The van der Waals surface area contributed by atoms with E-state index in [9.17, 15) is 19.5 Å². The zero-order valence-electron chi connectivity index (χ0n) is 19.5. The molecule has 0 atom stereocenters. The van der Waals surface area contributed by atoms with Crippen molar-refractivity contribution < 1.29 is 19.5 Å². The number of halogens is 1. The van der Waals surface area contributed by atoms with Crippen molar-refractivity contribution in [2.75, 3.05) is 4.90 Å². The maximum Gasteiger partial charge on any atom is 0.335 e. The summed E-state index contributed by atoms with van der Waals surface area (Å²) >= 11 is 11.5. The number of aryl methyl sites for hydroxylation is 3. The second-order valence-corrected chi connectivity index (χ2v) is 9.15. The van der Waals surface area contributed by atoms with Crippen LogP contribution < -0.4 is 10.2 Å². The van der Waals surface area contributed by atoms with E-state index in [1.54, 1.807) is 42.5 Å². The van der Waals surface area contributed by atoms with Crippen LogP contribution in [0.2, 0.25) is 5.02 Å². The van der Waals surface area contributed by atoms with Crippen molar-refractivity contribution in [1.29, 1.82) is 0 Å². The van der Waals surface area contributed by atoms with Crippen LogP contribution in [0.3, 0.4) is 0 Å². The van der Waals surface area contributed by atoms with E-state index in [4.69, 9.17) is 23.8 Å². The van der Waals surface area contributed by atoms with E-state index in [0.29, 0.717) is 16.3 Å². The zero-order valence-corrected chi connectivity index (χ0v) is 21.0. The van der Waals surface area contributed by atoms with Gasteiger partial charge in [-0.05, 0) is 99.1 Å². The van der Waals surface area contributed by atoms with Gasteiger partial charge in [0.25, 0.3) is 11.8 Å². The summed E-state index contributed by atoms with van der Waals surface area (Å²) in [7, 11) is 0. The van der Waals surface area contributed by atoms with E-state index in [0.717, 1.165) is 28.2 Å². The summed E-state index contributed by atoms with van der Waals surface area (Å²) in [6, 6.07) is 11.9. The topological polar surface area (TPSA) is 91.6 Å². The van der Waals surface area contributed by atoms with Gasteiger partial charge in [-0.15, -0.1) is 0 Å². The Kier molecular flexibility index (Phi) is 6.36. The van der Waals surface area contributed by atoms with Crippen LogP contribution in [0.5, 0.6) is 0 Å². The number of thiocarbonyl (C=S) groups is 1. The molecule has 2 aromatic carbocycles. The van der Waals surface area contributed by atoms with Gasteiger partial charge in [-0.3, -0.25) is 19.8 Å². The highest BCUT2D eigenvalue weighted by Crippen LogP contribution is 2.29. The first kappa shape index (κ1) is 24.4. The molecule has 1 aliphatic heterocycles. The molecule has 1 aliphatic rings. The minimum atomic E-state index is -0.995. The maximum absolute atomic E-state index is 13.4. The smallest absolute Gasteiger partial charge is 0.335 e. The number of carbonyl (C=O) groups excluding carboxylic acids is 2. The summed E-state index contributed by atoms with van der Waals surface area (Å²) in [5.41, 5.74) is 5.38. The van der Waals surface area contributed by atoms with Crippen molar-refractivity contribution in [2.24, 2.45) is 0 Å². The fourth-order valence-corrected chi connectivity index (χ4v) is 4.57. The van der Waals surface area contributed by atoms with E-state index in [2.05, 4.69) is 5.32 Å². The van der Waals surface area contributed by atoms with Gasteiger partial charge in [0.05, 0.1) is 11.3 Å². The molecular weight excluding hydrogens is 486 g/mol. The molecular formula is C26H22ClN3O4S. The highest BCUT2D eigenvalue weighted by atomic mass is 35.5. The molecule has 3 aromatic rings. The van der Waals surface area contributed by atoms with E-state index >= 15 is 0 Å². The van der Waals surface area contributed by atoms with Crippen molar-refractivity contribution in [3.05, 3.63) is 86.7 Å². The summed E-state index contributed by atoms with van der Waals surface area (Å²) < 4.78 is 1.96. The first-order valence-corrected chi connectivity index (χ1v) is 11.5. The molecule has 7 nitrogen and oxygen atoms in total. The lowest BCUT2D eigenvalue weighted by Gasteiger charge is -2.29. The number of hydrogen-bond acceptors (Lipinski definition) is 4. The molecule has 2 amide bonds. The monoisotopic (exact) mass is 507 g/mol. The largest absolute Gasteiger partial charge is 0.478 e. The SMILES string of the molecule is Cc1ccc(N2C(=O)/C(=C/c3cc(C)n(-c4ccc(C(=O)O)cc4C)c3C)C(=O)NC2=S)cc1Cl. The number of carboxylic acids is 1. The van der Waals surface area contributed by atoms with Crippen LogP contribution in [0, 0.1) is 27.7 Å². The highest BCUT2D eigenvalue weighted by molar-refractivity contribution is 7.80. The van der Waals surface area contributed by atoms with Crippen LogP contribution in [0.1, 0.15) is 38.4 Å². The fraction of sp³-hybridized carbons (Fsp3) is 0.154. The predicted molar refractivity (Wildman–Crippen MR) is 139 cm³/mol. The van der Waals surface area contributed by atoms with Gasteiger partial charge in [0.15, 0.2) is 5.11 Å². The third-order valence-electron chi connectivity index (χ3n) is 5.97. The average molecular weight is 508 g/mol. The molecule has 0 radical (unpaired) electrons. The molecule has 4 rings (SSSR count). The van der Waals surface area contributed by atoms with Gasteiger partial charge in [0.1, 0.15) is 5.57 Å². The second-order valence-electron chi connectivity index (χ2n) is 8.36. The van der Waals surface area contributed by atoms with Crippen LogP contribution in [-0.4, -0.2) is 32.6 Å². The Labute approximate surface area is 212 Å². The molecule has 0 unspecified atom stereocenters. The van der Waals surface area contributed by atoms with Crippen molar-refractivity contribution in [3.63, 3.8) is 0 Å². The number of carboxylic acid groups (broad SMARTS) is 1. The molecule has 1 fully saturated rings. The summed E-state index contributed by atoms with van der Waals surface area (Å²) in [6.07, 6.45) is 1.54. The molecule has 1 aromatic heterocycles. The number of anilines is 1. The van der Waals surface area contributed by atoms with Gasteiger partial charge in [0.2, 0.25) is 0 Å². The first-order chi connectivity index (χ1) is 16.5. The lowest BCUT2D eigenvalue weighted by atomic mass is 10.1. The predicted octanol–water partition coefficient (Wildman–Crippen LogP) is 4.89. The molecule has 0 bridgehead atoms. The Morgan fingerprint density at radius 1 is 1.03 bits per heavy atom. The summed E-state index contributed by atoms with van der Waals surface area (Å²) in [5, 5.41) is 12.3. The van der Waals surface area contributed by atoms with Crippen molar-refractivity contribution in [1.82, 2.24) is 9.88 Å². The van der Waals surface area contributed by atoms with Crippen LogP contribution in [0.25, 0.3) is 11.8 Å². The van der Waals surface area contributed by atoms with Crippen molar-refractivity contribution in [3.8, 4) is 5.69 Å². The number of rotatable bonds is 4. The number of nitrogens with zero attached hydrogens (tertiary/aromatic N) is 2. The number of nitrogens with one attached hydrogen (secondary N) is 1. The molecule has 2 heterocycles. The summed E-state index contributed by atoms with van der Waals surface area (Å²) in [6.45, 7) is 7.46. The Balaban J connectivity index is 1.77. The van der Waals surface area contributed by atoms with E-state index < -0.39 is 17.8 Å². The Hall–Kier alpha value is -3.75. The van der Waals surface area contributed by atoms with Gasteiger partial charge < -0.3 is 9.67 Å². The molecule has 0 spiro atoms. The van der Waals surface area contributed by atoms with Crippen LogP contribution in [0.4, 0.5) is 5.69 Å². The molecule has 178 valence electrons. The van der Waals surface area contributed by atoms with Gasteiger partial charge >= 0.3 is 5.97 Å². The molecule has 0 saturated carbocycles. The summed E-state index contributed by atoms with van der Waals surface area (Å²) in [4.78, 5) is 38.7. The van der Waals surface area contributed by atoms with Gasteiger partial charge in [-0.1, -0.05) is 17.7 Å². The number of carbonyl (C=O) groups is 3. The van der Waals surface area contributed by atoms with E-state index in [-0.39, 0.29) is 16.2 Å². The van der Waals surface area contributed by atoms with Gasteiger partial charge in [-0.2, -0.15) is 0 Å². The van der Waals surface area contributed by atoms with Crippen LogP contribution >= 0.6 is 23.8 Å². The number of aromatic carboxylic acids is 1. The minimum Gasteiger partial charge on any atom is -0.478 e. The third-order valence-corrected chi connectivity index (χ3v) is 6.66. The molecule has 9 heteroatoms. The summed E-state index contributed by atoms with van der Waals surface area (Å²) in [5.74, 6) is -2.13. The normalized spacial score (nSPS) is 15.1. The lowest BCUT2D eigenvalue weighted by Crippen LogP contribution is -2.54. The van der Waals surface area contributed by atoms with Gasteiger partial charge in [-0.25, -0.2) is 4.79 Å². The quantitative estimate of drug-likeness (QED) is 0.298. The van der Waals surface area contributed by atoms with Crippen molar-refractivity contribution >= 4 is 58.5 Å². The standard InChI is InChI=1S/C26H22ClN3O4S/c1-13-5-7-19(12-21(13)27)30-24(32)20(23(31)28-26(30)35)11-18-10-15(3)29(16(18)4)22-8-6-17(25(33)34)9-14(22)2/h5-12H,1-4H3,(H,33,34)(H,28,31,35)/b20-11+. The number of hydrogen-bond donors (Lipinski definition) is 2. The van der Waals surface area contributed by atoms with E-state index in [1.807, 2.05) is 38.3 Å². The second kappa shape index (κ2) is 9.13.